The Morgan fingerprint density at radius 2 is 2.00 bits per heavy atom. The van der Waals surface area contributed by atoms with E-state index in [1.54, 1.807) is 0 Å². The van der Waals surface area contributed by atoms with Crippen LogP contribution in [0.3, 0.4) is 0 Å². The van der Waals surface area contributed by atoms with E-state index in [-0.39, 0.29) is 30.7 Å². The Bertz CT molecular complexity index is 517. The smallest absolute Gasteiger partial charge is 0.151 e. The second-order valence-electron chi connectivity index (χ2n) is 5.31. The van der Waals surface area contributed by atoms with Crippen LogP contribution >= 0.6 is 0 Å². The first-order chi connectivity index (χ1) is 9.50. The van der Waals surface area contributed by atoms with Crippen molar-refractivity contribution < 1.29 is 18.6 Å². The fourth-order valence-corrected chi connectivity index (χ4v) is 4.31. The van der Waals surface area contributed by atoms with Gasteiger partial charge in [-0.2, -0.15) is 0 Å². The molecular formula is C14H21NO4S. The summed E-state index contributed by atoms with van der Waals surface area (Å²) in [6, 6.07) is 9.66. The summed E-state index contributed by atoms with van der Waals surface area (Å²) < 4.78 is 23.2. The topological polar surface area (TPSA) is 77.8 Å². The molecule has 0 aromatic heterocycles. The van der Waals surface area contributed by atoms with Crippen LogP contribution in [-0.2, 0) is 16.4 Å². The molecule has 0 saturated carbocycles. The molecule has 1 aromatic carbocycles. The summed E-state index contributed by atoms with van der Waals surface area (Å²) in [7, 11) is -2.96. The molecule has 6 heteroatoms. The average molecular weight is 299 g/mol. The lowest BCUT2D eigenvalue weighted by atomic mass is 10.1. The Hall–Kier alpha value is -0.950. The molecule has 1 aliphatic rings. The molecule has 1 saturated heterocycles. The van der Waals surface area contributed by atoms with Crippen LogP contribution in [0.1, 0.15) is 12.0 Å². The van der Waals surface area contributed by atoms with Crippen LogP contribution in [-0.4, -0.2) is 60.3 Å². The Balaban J connectivity index is 2.08. The fourth-order valence-electron chi connectivity index (χ4n) is 2.55. The third-order valence-corrected chi connectivity index (χ3v) is 5.36. The summed E-state index contributed by atoms with van der Waals surface area (Å²) >= 11 is 0. The van der Waals surface area contributed by atoms with Crippen molar-refractivity contribution in [3.63, 3.8) is 0 Å². The standard InChI is InChI=1S/C14H21NO4S/c16-10-14(17)9-15(8-12-4-2-1-3-5-12)13-6-7-20(18,19)11-13/h1-5,13-14,16-17H,6-11H2/t13-,14-/m1/s1. The molecule has 0 bridgehead atoms. The van der Waals surface area contributed by atoms with Crippen molar-refractivity contribution in [1.29, 1.82) is 0 Å². The first-order valence-electron chi connectivity index (χ1n) is 6.77. The summed E-state index contributed by atoms with van der Waals surface area (Å²) in [5, 5.41) is 18.7. The molecule has 0 aliphatic carbocycles. The number of hydrogen-bond acceptors (Lipinski definition) is 5. The Labute approximate surface area is 119 Å². The van der Waals surface area contributed by atoms with Gasteiger partial charge in [0.1, 0.15) is 0 Å². The Kier molecular flexibility index (Phi) is 5.15. The molecule has 0 spiro atoms. The number of sulfone groups is 1. The highest BCUT2D eigenvalue weighted by Gasteiger charge is 2.32. The maximum atomic E-state index is 11.6. The van der Waals surface area contributed by atoms with E-state index >= 15 is 0 Å². The number of nitrogens with zero attached hydrogens (tertiary/aromatic N) is 1. The number of aliphatic hydroxyl groups is 2. The minimum Gasteiger partial charge on any atom is -0.394 e. The van der Waals surface area contributed by atoms with Gasteiger partial charge in [0, 0.05) is 19.1 Å². The average Bonchev–Trinajstić information content (AvgIpc) is 2.79. The van der Waals surface area contributed by atoms with Gasteiger partial charge in [-0.25, -0.2) is 8.42 Å². The van der Waals surface area contributed by atoms with E-state index < -0.39 is 15.9 Å². The highest BCUT2D eigenvalue weighted by atomic mass is 32.2. The molecule has 2 rings (SSSR count). The third kappa shape index (κ3) is 4.28. The molecule has 20 heavy (non-hydrogen) atoms. The van der Waals surface area contributed by atoms with Gasteiger partial charge in [0.05, 0.1) is 24.2 Å². The molecule has 112 valence electrons. The summed E-state index contributed by atoms with van der Waals surface area (Å²) in [5.41, 5.74) is 1.07. The van der Waals surface area contributed by atoms with Crippen molar-refractivity contribution in [3.8, 4) is 0 Å². The summed E-state index contributed by atoms with van der Waals surface area (Å²) in [5.74, 6) is 0.343. The zero-order chi connectivity index (χ0) is 14.6. The maximum Gasteiger partial charge on any atom is 0.151 e. The van der Waals surface area contributed by atoms with Crippen molar-refractivity contribution in [2.75, 3.05) is 24.7 Å². The van der Waals surface area contributed by atoms with Crippen LogP contribution in [0.15, 0.2) is 30.3 Å². The van der Waals surface area contributed by atoms with Gasteiger partial charge in [-0.15, -0.1) is 0 Å². The second-order valence-corrected chi connectivity index (χ2v) is 7.54. The number of rotatable bonds is 6. The zero-order valence-electron chi connectivity index (χ0n) is 11.4. The zero-order valence-corrected chi connectivity index (χ0v) is 12.2. The molecule has 2 N–H and O–H groups in total. The summed E-state index contributed by atoms with van der Waals surface area (Å²) in [6.07, 6.45) is -0.255. The maximum absolute atomic E-state index is 11.6. The predicted molar refractivity (Wildman–Crippen MR) is 77.0 cm³/mol. The molecule has 2 atom stereocenters. The Morgan fingerprint density at radius 1 is 1.30 bits per heavy atom. The van der Waals surface area contributed by atoms with E-state index in [0.717, 1.165) is 5.56 Å². The van der Waals surface area contributed by atoms with Crippen molar-refractivity contribution in [2.24, 2.45) is 0 Å². The molecule has 0 radical (unpaired) electrons. The first kappa shape index (κ1) is 15.4. The fraction of sp³-hybridized carbons (Fsp3) is 0.571. The van der Waals surface area contributed by atoms with Gasteiger partial charge in [-0.1, -0.05) is 30.3 Å². The first-order valence-corrected chi connectivity index (χ1v) is 8.59. The van der Waals surface area contributed by atoms with Gasteiger partial charge in [0.2, 0.25) is 0 Å². The minimum absolute atomic E-state index is 0.0820. The van der Waals surface area contributed by atoms with E-state index in [2.05, 4.69) is 0 Å². The molecule has 1 fully saturated rings. The van der Waals surface area contributed by atoms with Crippen LogP contribution in [0.25, 0.3) is 0 Å². The number of aliphatic hydroxyl groups excluding tert-OH is 2. The monoisotopic (exact) mass is 299 g/mol. The normalized spacial score (nSPS) is 23.1. The third-order valence-electron chi connectivity index (χ3n) is 3.61. The van der Waals surface area contributed by atoms with Crippen LogP contribution < -0.4 is 0 Å². The Morgan fingerprint density at radius 3 is 2.55 bits per heavy atom. The quantitative estimate of drug-likeness (QED) is 0.775. The van der Waals surface area contributed by atoms with E-state index in [9.17, 15) is 13.5 Å². The van der Waals surface area contributed by atoms with Crippen molar-refractivity contribution in [2.45, 2.75) is 25.1 Å². The number of benzene rings is 1. The molecule has 5 nitrogen and oxygen atoms in total. The number of hydrogen-bond donors (Lipinski definition) is 2. The van der Waals surface area contributed by atoms with Gasteiger partial charge in [-0.3, -0.25) is 4.90 Å². The molecule has 1 aromatic rings. The molecule has 1 heterocycles. The lowest BCUT2D eigenvalue weighted by Crippen LogP contribution is -2.41. The van der Waals surface area contributed by atoms with Gasteiger partial charge in [-0.05, 0) is 12.0 Å². The second kappa shape index (κ2) is 6.67. The summed E-state index contributed by atoms with van der Waals surface area (Å²) in [6.45, 7) is 0.550. The van der Waals surface area contributed by atoms with Gasteiger partial charge in [0.25, 0.3) is 0 Å². The predicted octanol–water partition coefficient (Wildman–Crippen LogP) is 0.0289. The highest BCUT2D eigenvalue weighted by Crippen LogP contribution is 2.20. The van der Waals surface area contributed by atoms with E-state index in [4.69, 9.17) is 5.11 Å². The molecule has 1 aliphatic heterocycles. The van der Waals surface area contributed by atoms with Crippen LogP contribution in [0.2, 0.25) is 0 Å². The molecule has 0 unspecified atom stereocenters. The van der Waals surface area contributed by atoms with E-state index in [1.165, 1.54) is 0 Å². The SMILES string of the molecule is O=S1(=O)CC[C@@H](N(Cc2ccccc2)C[C@@H](O)CO)C1. The van der Waals surface area contributed by atoms with E-state index in [0.29, 0.717) is 13.0 Å². The highest BCUT2D eigenvalue weighted by molar-refractivity contribution is 7.91. The molecular weight excluding hydrogens is 278 g/mol. The van der Waals surface area contributed by atoms with Crippen molar-refractivity contribution in [3.05, 3.63) is 35.9 Å². The van der Waals surface area contributed by atoms with Crippen LogP contribution in [0, 0.1) is 0 Å². The van der Waals surface area contributed by atoms with Crippen LogP contribution in [0.5, 0.6) is 0 Å². The van der Waals surface area contributed by atoms with Crippen molar-refractivity contribution in [1.82, 2.24) is 4.90 Å². The van der Waals surface area contributed by atoms with Crippen LogP contribution in [0.4, 0.5) is 0 Å². The lowest BCUT2D eigenvalue weighted by Gasteiger charge is -2.29. The van der Waals surface area contributed by atoms with Crippen molar-refractivity contribution >= 4 is 9.84 Å². The van der Waals surface area contributed by atoms with Gasteiger partial charge < -0.3 is 10.2 Å². The lowest BCUT2D eigenvalue weighted by molar-refractivity contribution is 0.0447. The summed E-state index contributed by atoms with van der Waals surface area (Å²) in [4.78, 5) is 1.96. The van der Waals surface area contributed by atoms with Gasteiger partial charge >= 0.3 is 0 Å². The largest absolute Gasteiger partial charge is 0.394 e. The molecule has 0 amide bonds. The van der Waals surface area contributed by atoms with Gasteiger partial charge in [0.15, 0.2) is 9.84 Å². The van der Waals surface area contributed by atoms with E-state index in [1.807, 2.05) is 35.2 Å². The minimum atomic E-state index is -2.96.